The van der Waals surface area contributed by atoms with Crippen molar-refractivity contribution in [2.45, 2.75) is 0 Å². The molecule has 0 atom stereocenters. The van der Waals surface area contributed by atoms with Gasteiger partial charge in [0.25, 0.3) is 0 Å². The Morgan fingerprint density at radius 2 is 0.961 bits per heavy atom. The lowest BCUT2D eigenvalue weighted by atomic mass is 10.1. The Hall–Kier alpha value is -5.24. The van der Waals surface area contributed by atoms with Gasteiger partial charge in [-0.2, -0.15) is 0 Å². The van der Waals surface area contributed by atoms with E-state index in [4.69, 9.17) is 9.47 Å². The van der Waals surface area contributed by atoms with Crippen LogP contribution < -0.4 is 14.9 Å². The van der Waals surface area contributed by atoms with Gasteiger partial charge in [0.1, 0.15) is 17.2 Å². The molecule has 0 radical (unpaired) electrons. The average Bonchev–Trinajstić information content (AvgIpc) is 3.14. The summed E-state index contributed by atoms with van der Waals surface area (Å²) in [6.45, 7) is 0. The summed E-state index contributed by atoms with van der Waals surface area (Å²) in [7, 11) is 3.26. The van der Waals surface area contributed by atoms with E-state index in [1.54, 1.807) is 51.1 Å². The maximum absolute atomic E-state index is 11.2. The fourth-order valence-electron chi connectivity index (χ4n) is 5.53. The van der Waals surface area contributed by atoms with Crippen molar-refractivity contribution in [1.29, 1.82) is 0 Å². The van der Waals surface area contributed by atoms with Crippen LogP contribution in [0.2, 0.25) is 0 Å². The number of fused-ring (bicyclic) bond motifs is 9. The number of nitrogens with zero attached hydrogens (tertiary/aromatic N) is 5. The van der Waals surface area contributed by atoms with Crippen LogP contribution in [0.1, 0.15) is 0 Å². The highest BCUT2D eigenvalue weighted by Gasteiger charge is 2.07. The maximum atomic E-state index is 11.2. The van der Waals surface area contributed by atoms with Crippen LogP contribution in [0.3, 0.4) is 0 Å². The van der Waals surface area contributed by atoms with Crippen LogP contribution in [0, 0.1) is 0 Å². The number of nitrogens with one attached hydrogen (secondary N) is 1. The van der Waals surface area contributed by atoms with Crippen LogP contribution in [0.25, 0.3) is 65.4 Å². The highest BCUT2D eigenvalue weighted by Crippen LogP contribution is 2.28. The third-order valence-corrected chi connectivity index (χ3v) is 8.75. The number of ether oxygens (including phenoxy) is 2. The molecule has 2 N–H and O–H groups in total. The van der Waals surface area contributed by atoms with Gasteiger partial charge in [0.05, 0.1) is 65.9 Å². The van der Waals surface area contributed by atoms with E-state index < -0.39 is 0 Å². The van der Waals surface area contributed by atoms with Crippen LogP contribution in [0.15, 0.2) is 124 Å². The fourth-order valence-corrected chi connectivity index (χ4v) is 6.23. The van der Waals surface area contributed by atoms with Crippen LogP contribution >= 0.6 is 48.8 Å². The summed E-state index contributed by atoms with van der Waals surface area (Å²) in [6.07, 6.45) is 9.79. The third kappa shape index (κ3) is 7.60. The van der Waals surface area contributed by atoms with E-state index in [0.717, 1.165) is 85.9 Å². The highest BCUT2D eigenvalue weighted by molar-refractivity contribution is 9.10. The molecule has 254 valence electrons. The van der Waals surface area contributed by atoms with E-state index in [1.165, 1.54) is 12.4 Å². The van der Waals surface area contributed by atoms with E-state index >= 15 is 0 Å². The van der Waals surface area contributed by atoms with Crippen LogP contribution in [-0.2, 0) is 0 Å². The summed E-state index contributed by atoms with van der Waals surface area (Å²) in [5, 5.41) is 15.2. The molecule has 0 saturated heterocycles. The molecule has 0 aliphatic carbocycles. The maximum Gasteiger partial charge on any atom is 0.197 e. The molecular formula is C38H27Br3N6O4. The lowest BCUT2D eigenvalue weighted by Gasteiger charge is -2.06. The van der Waals surface area contributed by atoms with E-state index in [2.05, 4.69) is 73.9 Å². The summed E-state index contributed by atoms with van der Waals surface area (Å²) in [4.78, 5) is 35.9. The topological polar surface area (TPSA) is 136 Å². The summed E-state index contributed by atoms with van der Waals surface area (Å²) in [6, 6.07) is 23.0. The summed E-state index contributed by atoms with van der Waals surface area (Å²) in [5.41, 5.74) is 5.06. The van der Waals surface area contributed by atoms with Crippen molar-refractivity contribution in [3.8, 4) is 17.2 Å². The molecule has 0 unspecified atom stereocenters. The summed E-state index contributed by atoms with van der Waals surface area (Å²) >= 11 is 6.84. The predicted molar refractivity (Wildman–Crippen MR) is 214 cm³/mol. The van der Waals surface area contributed by atoms with Gasteiger partial charge in [0.15, 0.2) is 5.43 Å². The zero-order valence-corrected chi connectivity index (χ0v) is 31.8. The normalized spacial score (nSPS) is 10.7. The number of hydrogen-bond donors (Lipinski definition) is 2. The Morgan fingerprint density at radius 3 is 1.45 bits per heavy atom. The van der Waals surface area contributed by atoms with Crippen molar-refractivity contribution in [3.05, 3.63) is 129 Å². The second kappa shape index (κ2) is 15.3. The van der Waals surface area contributed by atoms with Gasteiger partial charge in [-0.3, -0.25) is 24.7 Å². The average molecular weight is 871 g/mol. The standard InChI is InChI=1S/C14H12N2O2.C12H6Br2N2.C12H8N2O2.BrH/c1-17-11-5-9-3-4-10-6-12(18-2)8-16-14(10)13(9)15-7-11;13-9-3-7-1-2-8-4-10(14)6-16-12(8)11(7)15-5-9;15-9-3-7-1-2-8-4-10(16)6-14-12(8)11(7)13-5-9;/h3-8H,1-2H3;1-6H;1-6,13,15H;1H. The SMILES string of the molecule is Br.Brc1cnc2c(ccc3cc(Br)cnc32)c1.COc1cnc2c(ccc3cc(OC)cnc32)c1.O=c1cnc2c(ccc3cc(O)c[nH]c32)c1. The number of aromatic nitrogens is 6. The molecule has 13 heteroatoms. The lowest BCUT2D eigenvalue weighted by Crippen LogP contribution is -1.98. The number of rotatable bonds is 2. The minimum absolute atomic E-state index is 0. The molecule has 0 spiro atoms. The Labute approximate surface area is 317 Å². The van der Waals surface area contributed by atoms with Crippen molar-refractivity contribution in [2.24, 2.45) is 0 Å². The Bertz CT molecular complexity index is 2660. The second-order valence-electron chi connectivity index (χ2n) is 11.1. The van der Waals surface area contributed by atoms with Gasteiger partial charge in [0, 0.05) is 59.9 Å². The number of methoxy groups -OCH3 is 2. The van der Waals surface area contributed by atoms with Crippen molar-refractivity contribution in [1.82, 2.24) is 29.9 Å². The number of hydrogen-bond acceptors (Lipinski definition) is 9. The molecule has 51 heavy (non-hydrogen) atoms. The zero-order valence-electron chi connectivity index (χ0n) is 27.0. The number of aromatic amines is 1. The predicted octanol–water partition coefficient (Wildman–Crippen LogP) is 9.47. The summed E-state index contributed by atoms with van der Waals surface area (Å²) < 4.78 is 12.3. The van der Waals surface area contributed by atoms with Gasteiger partial charge in [-0.25, -0.2) is 4.98 Å². The quantitative estimate of drug-likeness (QED) is 0.163. The van der Waals surface area contributed by atoms with Gasteiger partial charge < -0.3 is 19.6 Å². The Balaban J connectivity index is 0.000000131. The molecule has 0 saturated carbocycles. The van der Waals surface area contributed by atoms with Crippen molar-refractivity contribution in [3.63, 3.8) is 0 Å². The fraction of sp³-hybridized carbons (Fsp3) is 0.0526. The van der Waals surface area contributed by atoms with E-state index in [9.17, 15) is 9.90 Å². The van der Waals surface area contributed by atoms with Crippen LogP contribution in [0.4, 0.5) is 0 Å². The van der Waals surface area contributed by atoms with Gasteiger partial charge in [-0.05, 0) is 68.3 Å². The molecule has 0 bridgehead atoms. The minimum Gasteiger partial charge on any atom is -0.506 e. The Kier molecular flexibility index (Phi) is 10.7. The monoisotopic (exact) mass is 868 g/mol. The molecule has 3 aromatic carbocycles. The van der Waals surface area contributed by atoms with Gasteiger partial charge in [-0.15, -0.1) is 17.0 Å². The van der Waals surface area contributed by atoms with Gasteiger partial charge in [0.2, 0.25) is 0 Å². The summed E-state index contributed by atoms with van der Waals surface area (Å²) in [5.74, 6) is 1.66. The van der Waals surface area contributed by atoms with E-state index in [0.29, 0.717) is 0 Å². The molecule has 0 amide bonds. The van der Waals surface area contributed by atoms with Gasteiger partial charge >= 0.3 is 0 Å². The van der Waals surface area contributed by atoms with E-state index in [1.807, 2.05) is 48.5 Å². The molecule has 9 aromatic rings. The minimum atomic E-state index is -0.106. The molecule has 0 aliphatic rings. The third-order valence-electron chi connectivity index (χ3n) is 7.88. The lowest BCUT2D eigenvalue weighted by molar-refractivity contribution is 0.413. The molecular weight excluding hydrogens is 844 g/mol. The first-order valence-corrected chi connectivity index (χ1v) is 16.7. The van der Waals surface area contributed by atoms with Crippen molar-refractivity contribution in [2.75, 3.05) is 14.2 Å². The number of benzene rings is 3. The second-order valence-corrected chi connectivity index (χ2v) is 12.9. The number of halogens is 3. The first-order chi connectivity index (χ1) is 24.3. The number of pyridine rings is 6. The van der Waals surface area contributed by atoms with Crippen molar-refractivity contribution >= 4 is 114 Å². The number of H-pyrrole nitrogens is 1. The van der Waals surface area contributed by atoms with E-state index in [-0.39, 0.29) is 28.2 Å². The largest absolute Gasteiger partial charge is 0.506 e. The molecule has 9 rings (SSSR count). The smallest absolute Gasteiger partial charge is 0.197 e. The van der Waals surface area contributed by atoms with Crippen molar-refractivity contribution < 1.29 is 14.6 Å². The zero-order chi connectivity index (χ0) is 34.8. The molecule has 6 aromatic heterocycles. The molecule has 6 heterocycles. The molecule has 10 nitrogen and oxygen atoms in total. The van der Waals surface area contributed by atoms with Crippen LogP contribution in [0.5, 0.6) is 17.2 Å². The van der Waals surface area contributed by atoms with Crippen LogP contribution in [-0.4, -0.2) is 49.2 Å². The molecule has 0 aliphatic heterocycles. The van der Waals surface area contributed by atoms with Gasteiger partial charge in [-0.1, -0.05) is 36.4 Å². The Morgan fingerprint density at radius 1 is 0.549 bits per heavy atom. The molecule has 0 fully saturated rings. The first kappa shape index (κ1) is 35.6. The highest BCUT2D eigenvalue weighted by atomic mass is 79.9. The first-order valence-electron chi connectivity index (χ1n) is 15.2. The number of aromatic hydroxyl groups is 1.